The number of ether oxygens (including phenoxy) is 1. The predicted molar refractivity (Wildman–Crippen MR) is 121 cm³/mol. The van der Waals surface area contributed by atoms with E-state index in [1.807, 2.05) is 0 Å². The topological polar surface area (TPSA) is 101 Å². The number of carbonyl (C=O) groups is 1. The van der Waals surface area contributed by atoms with Gasteiger partial charge in [-0.3, -0.25) is 9.78 Å². The summed E-state index contributed by atoms with van der Waals surface area (Å²) in [6.07, 6.45) is 8.75. The van der Waals surface area contributed by atoms with Crippen molar-refractivity contribution in [3.05, 3.63) is 29.7 Å². The first-order chi connectivity index (χ1) is 14.9. The molecule has 0 spiro atoms. The first-order valence-corrected chi connectivity index (χ1v) is 11.2. The quantitative estimate of drug-likeness (QED) is 0.626. The minimum absolute atomic E-state index is 0.0841. The van der Waals surface area contributed by atoms with Crippen molar-refractivity contribution in [2.75, 3.05) is 30.3 Å². The second-order valence-corrected chi connectivity index (χ2v) is 9.23. The summed E-state index contributed by atoms with van der Waals surface area (Å²) in [5, 5.41) is 9.90. The number of anilines is 2. The van der Waals surface area contributed by atoms with Crippen LogP contribution in [0.1, 0.15) is 39.5 Å². The summed E-state index contributed by atoms with van der Waals surface area (Å²) < 4.78 is 5.80. The molecule has 2 atom stereocenters. The summed E-state index contributed by atoms with van der Waals surface area (Å²) in [4.78, 5) is 25.6. The molecule has 0 saturated carbocycles. The third kappa shape index (κ3) is 5.70. The van der Waals surface area contributed by atoms with Crippen molar-refractivity contribution in [1.82, 2.24) is 20.3 Å². The summed E-state index contributed by atoms with van der Waals surface area (Å²) >= 11 is 6.39. The summed E-state index contributed by atoms with van der Waals surface area (Å²) in [6.45, 7) is 6.71. The molecule has 2 unspecified atom stereocenters. The van der Waals surface area contributed by atoms with Gasteiger partial charge in [-0.15, -0.1) is 0 Å². The van der Waals surface area contributed by atoms with Gasteiger partial charge in [0.05, 0.1) is 34.8 Å². The number of pyridine rings is 1. The number of amides is 1. The van der Waals surface area contributed by atoms with Crippen LogP contribution in [-0.4, -0.2) is 52.2 Å². The van der Waals surface area contributed by atoms with Gasteiger partial charge in [0.2, 0.25) is 5.91 Å². The molecule has 0 radical (unpaired) electrons. The van der Waals surface area contributed by atoms with E-state index in [1.165, 1.54) is 6.20 Å². The standard InChI is InChI=1S/C22H29ClN6O2/c1-22(2)9-14(5-7-31-22)10-26-20-13-24-12-18(28-20)15-8-19(27-11-16(15)23)29-21(30)17-4-3-6-25-17/h8,11-14,17,25H,3-7,9-10H2,1-2H3,(H,26,28)(H,27,29,30). The fourth-order valence-electron chi connectivity index (χ4n) is 4.19. The number of carbonyl (C=O) groups excluding carboxylic acids is 1. The van der Waals surface area contributed by atoms with Crippen molar-refractivity contribution in [3.8, 4) is 11.3 Å². The molecule has 3 N–H and O–H groups in total. The molecule has 31 heavy (non-hydrogen) atoms. The highest BCUT2D eigenvalue weighted by Crippen LogP contribution is 2.30. The Labute approximate surface area is 187 Å². The lowest BCUT2D eigenvalue weighted by atomic mass is 9.88. The Kier molecular flexibility index (Phi) is 6.69. The third-order valence-electron chi connectivity index (χ3n) is 5.76. The molecule has 166 valence electrons. The molecule has 2 fully saturated rings. The zero-order valence-corrected chi connectivity index (χ0v) is 18.7. The zero-order valence-electron chi connectivity index (χ0n) is 17.9. The number of nitrogens with one attached hydrogen (secondary N) is 3. The molecule has 8 nitrogen and oxygen atoms in total. The molecule has 2 aromatic heterocycles. The lowest BCUT2D eigenvalue weighted by Crippen LogP contribution is -2.36. The van der Waals surface area contributed by atoms with E-state index in [9.17, 15) is 4.79 Å². The van der Waals surface area contributed by atoms with E-state index in [0.717, 1.165) is 45.4 Å². The lowest BCUT2D eigenvalue weighted by Gasteiger charge is -2.35. The molecular formula is C22H29ClN6O2. The third-order valence-corrected chi connectivity index (χ3v) is 6.07. The van der Waals surface area contributed by atoms with E-state index in [0.29, 0.717) is 33.8 Å². The van der Waals surface area contributed by atoms with Gasteiger partial charge in [-0.2, -0.15) is 0 Å². The van der Waals surface area contributed by atoms with Gasteiger partial charge in [-0.25, -0.2) is 9.97 Å². The highest BCUT2D eigenvalue weighted by atomic mass is 35.5. The maximum atomic E-state index is 12.4. The Balaban J connectivity index is 1.44. The molecule has 0 bridgehead atoms. The Morgan fingerprint density at radius 1 is 1.29 bits per heavy atom. The average Bonchev–Trinajstić information content (AvgIpc) is 3.28. The van der Waals surface area contributed by atoms with Crippen molar-refractivity contribution < 1.29 is 9.53 Å². The van der Waals surface area contributed by atoms with E-state index in [2.05, 4.69) is 44.7 Å². The largest absolute Gasteiger partial charge is 0.376 e. The normalized spacial score (nSPS) is 22.8. The number of hydrogen-bond donors (Lipinski definition) is 3. The van der Waals surface area contributed by atoms with Crippen LogP contribution < -0.4 is 16.0 Å². The van der Waals surface area contributed by atoms with Gasteiger partial charge in [-0.05, 0) is 58.1 Å². The fourth-order valence-corrected chi connectivity index (χ4v) is 4.39. The molecule has 4 rings (SSSR count). The molecular weight excluding hydrogens is 416 g/mol. The SMILES string of the molecule is CC1(C)CC(CNc2cncc(-c3cc(NC(=O)C4CCCN4)ncc3Cl)n2)CCO1. The second-order valence-electron chi connectivity index (χ2n) is 8.83. The van der Waals surface area contributed by atoms with Gasteiger partial charge in [0.25, 0.3) is 0 Å². The van der Waals surface area contributed by atoms with Gasteiger partial charge in [0.1, 0.15) is 11.6 Å². The lowest BCUT2D eigenvalue weighted by molar-refractivity contribution is -0.117. The van der Waals surface area contributed by atoms with E-state index in [-0.39, 0.29) is 17.6 Å². The first kappa shape index (κ1) is 21.9. The van der Waals surface area contributed by atoms with Crippen LogP contribution in [0, 0.1) is 5.92 Å². The molecule has 1 amide bonds. The fraction of sp³-hybridized carbons (Fsp3) is 0.545. The number of rotatable bonds is 6. The van der Waals surface area contributed by atoms with Crippen molar-refractivity contribution in [2.45, 2.75) is 51.2 Å². The highest BCUT2D eigenvalue weighted by molar-refractivity contribution is 6.33. The van der Waals surface area contributed by atoms with E-state index in [4.69, 9.17) is 16.3 Å². The maximum absolute atomic E-state index is 12.4. The minimum atomic E-state index is -0.177. The summed E-state index contributed by atoms with van der Waals surface area (Å²) in [5.74, 6) is 1.57. The summed E-state index contributed by atoms with van der Waals surface area (Å²) in [6, 6.07) is 1.56. The van der Waals surface area contributed by atoms with Crippen molar-refractivity contribution in [3.63, 3.8) is 0 Å². The van der Waals surface area contributed by atoms with Gasteiger partial charge in [-0.1, -0.05) is 11.6 Å². The van der Waals surface area contributed by atoms with Gasteiger partial charge in [0.15, 0.2) is 0 Å². The maximum Gasteiger partial charge on any atom is 0.242 e. The average molecular weight is 445 g/mol. The van der Waals surface area contributed by atoms with Crippen LogP contribution in [0.25, 0.3) is 11.3 Å². The van der Waals surface area contributed by atoms with Crippen LogP contribution in [0.2, 0.25) is 5.02 Å². The molecule has 0 aliphatic carbocycles. The minimum Gasteiger partial charge on any atom is -0.376 e. The van der Waals surface area contributed by atoms with Crippen molar-refractivity contribution in [2.24, 2.45) is 5.92 Å². The van der Waals surface area contributed by atoms with Crippen LogP contribution >= 0.6 is 11.6 Å². The molecule has 0 aromatic carbocycles. The van der Waals surface area contributed by atoms with E-state index < -0.39 is 0 Å². The Bertz CT molecular complexity index is 932. The number of hydrogen-bond acceptors (Lipinski definition) is 7. The van der Waals surface area contributed by atoms with Gasteiger partial charge in [0, 0.05) is 24.9 Å². The summed E-state index contributed by atoms with van der Waals surface area (Å²) in [7, 11) is 0. The smallest absolute Gasteiger partial charge is 0.242 e. The molecule has 2 saturated heterocycles. The Hall–Kier alpha value is -2.29. The zero-order chi connectivity index (χ0) is 21.8. The van der Waals surface area contributed by atoms with E-state index >= 15 is 0 Å². The van der Waals surface area contributed by atoms with Crippen molar-refractivity contribution in [1.29, 1.82) is 0 Å². The first-order valence-electron chi connectivity index (χ1n) is 10.8. The van der Waals surface area contributed by atoms with Gasteiger partial charge >= 0.3 is 0 Å². The van der Waals surface area contributed by atoms with Crippen LogP contribution in [0.15, 0.2) is 24.7 Å². The van der Waals surface area contributed by atoms with Crippen molar-refractivity contribution >= 4 is 29.1 Å². The Morgan fingerprint density at radius 2 is 2.16 bits per heavy atom. The summed E-state index contributed by atoms with van der Waals surface area (Å²) in [5.41, 5.74) is 1.21. The van der Waals surface area contributed by atoms with Crippen LogP contribution in [0.4, 0.5) is 11.6 Å². The number of aromatic nitrogens is 3. The number of nitrogens with zero attached hydrogens (tertiary/aromatic N) is 3. The van der Waals surface area contributed by atoms with Crippen LogP contribution in [-0.2, 0) is 9.53 Å². The van der Waals surface area contributed by atoms with Gasteiger partial charge < -0.3 is 20.7 Å². The molecule has 4 heterocycles. The van der Waals surface area contributed by atoms with E-state index in [1.54, 1.807) is 18.5 Å². The predicted octanol–water partition coefficient (Wildman–Crippen LogP) is 3.50. The molecule has 2 aliphatic heterocycles. The Morgan fingerprint density at radius 3 is 2.94 bits per heavy atom. The van der Waals surface area contributed by atoms with Crippen LogP contribution in [0.5, 0.6) is 0 Å². The number of halogens is 1. The second kappa shape index (κ2) is 9.46. The molecule has 2 aromatic rings. The van der Waals surface area contributed by atoms with Crippen LogP contribution in [0.3, 0.4) is 0 Å². The highest BCUT2D eigenvalue weighted by Gasteiger charge is 2.28. The molecule has 9 heteroatoms. The molecule has 2 aliphatic rings. The monoisotopic (exact) mass is 444 g/mol.